The third-order valence-corrected chi connectivity index (χ3v) is 4.89. The highest BCUT2D eigenvalue weighted by Crippen LogP contribution is 2.34. The minimum atomic E-state index is -0.211. The third-order valence-electron chi connectivity index (χ3n) is 4.89. The van der Waals surface area contributed by atoms with Crippen LogP contribution in [0.3, 0.4) is 0 Å². The lowest BCUT2D eigenvalue weighted by Crippen LogP contribution is -2.48. The van der Waals surface area contributed by atoms with Crippen molar-refractivity contribution in [2.75, 3.05) is 26.8 Å². The molecular formula is C20H26FIN4O. The largest absolute Gasteiger partial charge is 0.381 e. The SMILES string of the molecule is CN=C(NCc1ccccn1)NCC1(c2ccc(F)cc2)CCOCC1.I. The van der Waals surface area contributed by atoms with E-state index < -0.39 is 0 Å². The summed E-state index contributed by atoms with van der Waals surface area (Å²) in [5, 5.41) is 6.71. The zero-order chi connectivity index (χ0) is 18.2. The lowest BCUT2D eigenvalue weighted by atomic mass is 9.74. The van der Waals surface area contributed by atoms with Gasteiger partial charge in [-0.3, -0.25) is 9.98 Å². The van der Waals surface area contributed by atoms with Crippen molar-refractivity contribution in [1.29, 1.82) is 0 Å². The van der Waals surface area contributed by atoms with E-state index >= 15 is 0 Å². The first kappa shape index (κ1) is 21.6. The number of ether oxygens (including phenoxy) is 1. The lowest BCUT2D eigenvalue weighted by molar-refractivity contribution is 0.0513. The van der Waals surface area contributed by atoms with E-state index in [4.69, 9.17) is 4.74 Å². The van der Waals surface area contributed by atoms with Crippen molar-refractivity contribution >= 4 is 29.9 Å². The van der Waals surface area contributed by atoms with Gasteiger partial charge in [0, 0.05) is 38.4 Å². The molecule has 2 aromatic rings. The second-order valence-electron chi connectivity index (χ2n) is 6.50. The Morgan fingerprint density at radius 2 is 1.89 bits per heavy atom. The molecule has 0 amide bonds. The number of pyridine rings is 1. The number of nitrogens with one attached hydrogen (secondary N) is 2. The van der Waals surface area contributed by atoms with Crippen molar-refractivity contribution in [1.82, 2.24) is 15.6 Å². The first-order valence-electron chi connectivity index (χ1n) is 8.90. The Bertz CT molecular complexity index is 719. The molecule has 0 saturated carbocycles. The fourth-order valence-corrected chi connectivity index (χ4v) is 3.28. The summed E-state index contributed by atoms with van der Waals surface area (Å²) in [6, 6.07) is 12.7. The smallest absolute Gasteiger partial charge is 0.191 e. The molecule has 27 heavy (non-hydrogen) atoms. The van der Waals surface area contributed by atoms with Crippen molar-refractivity contribution in [3.8, 4) is 0 Å². The summed E-state index contributed by atoms with van der Waals surface area (Å²) >= 11 is 0. The molecule has 1 aromatic carbocycles. The van der Waals surface area contributed by atoms with E-state index in [-0.39, 0.29) is 35.2 Å². The average Bonchev–Trinajstić information content (AvgIpc) is 2.70. The van der Waals surface area contributed by atoms with Crippen molar-refractivity contribution in [2.45, 2.75) is 24.8 Å². The van der Waals surface area contributed by atoms with Gasteiger partial charge in [-0.15, -0.1) is 24.0 Å². The fraction of sp³-hybridized carbons (Fsp3) is 0.400. The van der Waals surface area contributed by atoms with Crippen LogP contribution in [0.25, 0.3) is 0 Å². The van der Waals surface area contributed by atoms with E-state index in [0.717, 1.165) is 30.1 Å². The predicted molar refractivity (Wildman–Crippen MR) is 116 cm³/mol. The summed E-state index contributed by atoms with van der Waals surface area (Å²) in [4.78, 5) is 8.61. The maximum atomic E-state index is 13.3. The molecule has 0 aliphatic carbocycles. The van der Waals surface area contributed by atoms with Crippen LogP contribution in [0.1, 0.15) is 24.1 Å². The van der Waals surface area contributed by atoms with E-state index in [1.807, 2.05) is 30.3 Å². The molecule has 1 aliphatic heterocycles. The van der Waals surface area contributed by atoms with E-state index in [9.17, 15) is 4.39 Å². The Balaban J connectivity index is 0.00000261. The number of guanidine groups is 1. The molecule has 1 saturated heterocycles. The number of halogens is 2. The van der Waals surface area contributed by atoms with Crippen LogP contribution in [0, 0.1) is 5.82 Å². The Hall–Kier alpha value is -1.74. The number of benzene rings is 1. The number of hydrogen-bond acceptors (Lipinski definition) is 3. The molecule has 0 atom stereocenters. The van der Waals surface area contributed by atoms with Crippen LogP contribution in [0.5, 0.6) is 0 Å². The van der Waals surface area contributed by atoms with Crippen molar-refractivity contribution in [2.24, 2.45) is 4.99 Å². The average molecular weight is 484 g/mol. The van der Waals surface area contributed by atoms with Gasteiger partial charge in [0.1, 0.15) is 5.82 Å². The monoisotopic (exact) mass is 484 g/mol. The van der Waals surface area contributed by atoms with Crippen LogP contribution in [0.15, 0.2) is 53.7 Å². The van der Waals surface area contributed by atoms with Gasteiger partial charge < -0.3 is 15.4 Å². The second kappa shape index (κ2) is 10.6. The Morgan fingerprint density at radius 1 is 1.15 bits per heavy atom. The molecule has 1 fully saturated rings. The van der Waals surface area contributed by atoms with Gasteiger partial charge in [-0.05, 0) is 42.7 Å². The quantitative estimate of drug-likeness (QED) is 0.389. The van der Waals surface area contributed by atoms with Crippen molar-refractivity contribution in [3.63, 3.8) is 0 Å². The van der Waals surface area contributed by atoms with Crippen LogP contribution in [-0.2, 0) is 16.7 Å². The molecule has 3 rings (SSSR count). The van der Waals surface area contributed by atoms with Gasteiger partial charge in [-0.2, -0.15) is 0 Å². The summed E-state index contributed by atoms with van der Waals surface area (Å²) in [6.45, 7) is 2.73. The zero-order valence-electron chi connectivity index (χ0n) is 15.5. The number of aromatic nitrogens is 1. The van der Waals surface area contributed by atoms with Gasteiger partial charge in [-0.1, -0.05) is 18.2 Å². The van der Waals surface area contributed by atoms with Gasteiger partial charge in [0.15, 0.2) is 5.96 Å². The van der Waals surface area contributed by atoms with Crippen molar-refractivity contribution in [3.05, 3.63) is 65.7 Å². The van der Waals surface area contributed by atoms with Gasteiger partial charge >= 0.3 is 0 Å². The summed E-state index contributed by atoms with van der Waals surface area (Å²) in [7, 11) is 1.75. The molecule has 5 nitrogen and oxygen atoms in total. The summed E-state index contributed by atoms with van der Waals surface area (Å²) in [5.41, 5.74) is 2.00. The van der Waals surface area contributed by atoms with Crippen molar-refractivity contribution < 1.29 is 9.13 Å². The van der Waals surface area contributed by atoms with Crippen LogP contribution in [0.4, 0.5) is 4.39 Å². The maximum absolute atomic E-state index is 13.3. The fourth-order valence-electron chi connectivity index (χ4n) is 3.28. The molecule has 0 radical (unpaired) electrons. The maximum Gasteiger partial charge on any atom is 0.191 e. The van der Waals surface area contributed by atoms with Crippen LogP contribution >= 0.6 is 24.0 Å². The predicted octanol–water partition coefficient (Wildman–Crippen LogP) is 3.25. The minimum absolute atomic E-state index is 0. The Labute approximate surface area is 176 Å². The van der Waals surface area contributed by atoms with Gasteiger partial charge in [0.25, 0.3) is 0 Å². The summed E-state index contributed by atoms with van der Waals surface area (Å²) < 4.78 is 18.9. The molecule has 0 spiro atoms. The molecule has 7 heteroatoms. The highest BCUT2D eigenvalue weighted by molar-refractivity contribution is 14.0. The van der Waals surface area contributed by atoms with Gasteiger partial charge in [0.2, 0.25) is 0 Å². The van der Waals surface area contributed by atoms with E-state index in [2.05, 4.69) is 20.6 Å². The molecule has 2 heterocycles. The summed E-state index contributed by atoms with van der Waals surface area (Å²) in [6.07, 6.45) is 3.56. The molecule has 1 aliphatic rings. The highest BCUT2D eigenvalue weighted by atomic mass is 127. The molecule has 2 N–H and O–H groups in total. The molecular weight excluding hydrogens is 458 g/mol. The lowest BCUT2D eigenvalue weighted by Gasteiger charge is -2.38. The molecule has 146 valence electrons. The van der Waals surface area contributed by atoms with Crippen LogP contribution in [-0.4, -0.2) is 37.7 Å². The number of rotatable bonds is 5. The first-order chi connectivity index (χ1) is 12.7. The van der Waals surface area contributed by atoms with E-state index in [1.54, 1.807) is 13.2 Å². The molecule has 0 bridgehead atoms. The van der Waals surface area contributed by atoms with E-state index in [0.29, 0.717) is 26.3 Å². The van der Waals surface area contributed by atoms with Gasteiger partial charge in [-0.25, -0.2) is 4.39 Å². The van der Waals surface area contributed by atoms with Crippen LogP contribution < -0.4 is 10.6 Å². The minimum Gasteiger partial charge on any atom is -0.381 e. The Kier molecular flexibility index (Phi) is 8.43. The Morgan fingerprint density at radius 3 is 2.52 bits per heavy atom. The third kappa shape index (κ3) is 5.87. The number of nitrogens with zero attached hydrogens (tertiary/aromatic N) is 2. The molecule has 1 aromatic heterocycles. The van der Waals surface area contributed by atoms with Gasteiger partial charge in [0.05, 0.1) is 12.2 Å². The van der Waals surface area contributed by atoms with E-state index in [1.165, 1.54) is 12.1 Å². The second-order valence-corrected chi connectivity index (χ2v) is 6.50. The number of hydrogen-bond donors (Lipinski definition) is 2. The highest BCUT2D eigenvalue weighted by Gasteiger charge is 2.34. The summed E-state index contributed by atoms with van der Waals surface area (Å²) in [5.74, 6) is 0.514. The first-order valence-corrected chi connectivity index (χ1v) is 8.90. The topological polar surface area (TPSA) is 58.5 Å². The molecule has 0 unspecified atom stereocenters. The normalized spacial score (nSPS) is 16.3. The number of aliphatic imine (C=N–C) groups is 1. The van der Waals surface area contributed by atoms with Crippen LogP contribution in [0.2, 0.25) is 0 Å². The zero-order valence-corrected chi connectivity index (χ0v) is 17.8. The standard InChI is InChI=1S/C20H25FN4O.HI/c1-22-19(24-14-18-4-2-3-11-23-18)25-15-20(9-12-26-13-10-20)16-5-7-17(21)8-6-16;/h2-8,11H,9-10,12-15H2,1H3,(H2,22,24,25);1H.